The SMILES string of the molecule is O=C(O)c1ccc(CNCC2CCC(O)CC2)o1. The van der Waals surface area contributed by atoms with E-state index < -0.39 is 5.97 Å². The third kappa shape index (κ3) is 3.58. The molecule has 1 heterocycles. The Morgan fingerprint density at radius 2 is 2.06 bits per heavy atom. The maximum Gasteiger partial charge on any atom is 0.371 e. The predicted molar refractivity (Wildman–Crippen MR) is 65.3 cm³/mol. The van der Waals surface area contributed by atoms with Crippen molar-refractivity contribution in [1.29, 1.82) is 0 Å². The minimum absolute atomic E-state index is 0.0208. The van der Waals surface area contributed by atoms with Gasteiger partial charge in [0.05, 0.1) is 12.6 Å². The molecular formula is C13H19NO4. The molecule has 0 radical (unpaired) electrons. The van der Waals surface area contributed by atoms with Gasteiger partial charge in [-0.2, -0.15) is 0 Å². The molecule has 1 aromatic heterocycles. The van der Waals surface area contributed by atoms with Gasteiger partial charge in [0.25, 0.3) is 0 Å². The number of furan rings is 1. The van der Waals surface area contributed by atoms with E-state index in [4.69, 9.17) is 9.52 Å². The normalized spacial score (nSPS) is 24.1. The van der Waals surface area contributed by atoms with Gasteiger partial charge in [-0.25, -0.2) is 4.79 Å². The first-order valence-corrected chi connectivity index (χ1v) is 6.36. The van der Waals surface area contributed by atoms with Crippen molar-refractivity contribution in [2.24, 2.45) is 5.92 Å². The summed E-state index contributed by atoms with van der Waals surface area (Å²) < 4.78 is 5.15. The van der Waals surface area contributed by atoms with Crippen molar-refractivity contribution in [3.8, 4) is 0 Å². The molecule has 0 saturated heterocycles. The number of hydrogen-bond acceptors (Lipinski definition) is 4. The Bertz CT molecular complexity index is 393. The highest BCUT2D eigenvalue weighted by Gasteiger charge is 2.18. The topological polar surface area (TPSA) is 82.7 Å². The zero-order valence-corrected chi connectivity index (χ0v) is 10.3. The maximum atomic E-state index is 10.6. The maximum absolute atomic E-state index is 10.6. The van der Waals surface area contributed by atoms with Crippen molar-refractivity contribution in [3.63, 3.8) is 0 Å². The number of carbonyl (C=O) groups is 1. The Morgan fingerprint density at radius 3 is 2.67 bits per heavy atom. The number of carboxylic acids is 1. The first-order chi connectivity index (χ1) is 8.65. The molecule has 1 saturated carbocycles. The lowest BCUT2D eigenvalue weighted by atomic mass is 9.87. The summed E-state index contributed by atoms with van der Waals surface area (Å²) in [4.78, 5) is 10.6. The molecule has 0 aliphatic heterocycles. The van der Waals surface area contributed by atoms with Crippen molar-refractivity contribution in [3.05, 3.63) is 23.7 Å². The number of aliphatic hydroxyl groups is 1. The molecule has 0 bridgehead atoms. The van der Waals surface area contributed by atoms with Crippen molar-refractivity contribution in [1.82, 2.24) is 5.32 Å². The molecule has 5 nitrogen and oxygen atoms in total. The van der Waals surface area contributed by atoms with E-state index in [0.717, 1.165) is 32.2 Å². The van der Waals surface area contributed by atoms with Gasteiger partial charge < -0.3 is 19.9 Å². The number of aliphatic hydroxyl groups excluding tert-OH is 1. The van der Waals surface area contributed by atoms with E-state index in [1.54, 1.807) is 6.07 Å². The summed E-state index contributed by atoms with van der Waals surface area (Å²) in [6.07, 6.45) is 3.75. The minimum Gasteiger partial charge on any atom is -0.475 e. The van der Waals surface area contributed by atoms with E-state index in [1.807, 2.05) is 0 Å². The van der Waals surface area contributed by atoms with Gasteiger partial charge in [-0.15, -0.1) is 0 Å². The molecule has 0 unspecified atom stereocenters. The van der Waals surface area contributed by atoms with E-state index >= 15 is 0 Å². The van der Waals surface area contributed by atoms with E-state index in [2.05, 4.69) is 5.32 Å². The van der Waals surface area contributed by atoms with Crippen LogP contribution in [0.5, 0.6) is 0 Å². The molecular weight excluding hydrogens is 234 g/mol. The summed E-state index contributed by atoms with van der Waals surface area (Å²) >= 11 is 0. The standard InChI is InChI=1S/C13H19NO4/c15-10-3-1-9(2-4-10)7-14-8-11-5-6-12(18-11)13(16)17/h5-6,9-10,14-15H,1-4,7-8H2,(H,16,17). The largest absolute Gasteiger partial charge is 0.475 e. The second-order valence-electron chi connectivity index (χ2n) is 4.88. The van der Waals surface area contributed by atoms with Crippen LogP contribution < -0.4 is 5.32 Å². The van der Waals surface area contributed by atoms with E-state index in [1.165, 1.54) is 6.07 Å². The summed E-state index contributed by atoms with van der Waals surface area (Å²) in [5.41, 5.74) is 0. The Morgan fingerprint density at radius 1 is 1.33 bits per heavy atom. The van der Waals surface area contributed by atoms with Crippen molar-refractivity contribution in [2.45, 2.75) is 38.3 Å². The third-order valence-electron chi connectivity index (χ3n) is 3.42. The van der Waals surface area contributed by atoms with Gasteiger partial charge in [-0.1, -0.05) is 0 Å². The number of hydrogen-bond donors (Lipinski definition) is 3. The summed E-state index contributed by atoms with van der Waals surface area (Å²) in [5.74, 6) is 0.181. The lowest BCUT2D eigenvalue weighted by Crippen LogP contribution is -2.27. The van der Waals surface area contributed by atoms with Crippen LogP contribution in [0.25, 0.3) is 0 Å². The van der Waals surface area contributed by atoms with E-state index in [9.17, 15) is 9.90 Å². The second-order valence-corrected chi connectivity index (χ2v) is 4.88. The van der Waals surface area contributed by atoms with Crippen molar-refractivity contribution in [2.75, 3.05) is 6.54 Å². The lowest BCUT2D eigenvalue weighted by Gasteiger charge is -2.25. The highest BCUT2D eigenvalue weighted by atomic mass is 16.4. The van der Waals surface area contributed by atoms with Crippen LogP contribution in [0.15, 0.2) is 16.5 Å². The molecule has 0 amide bonds. The molecule has 1 aromatic rings. The van der Waals surface area contributed by atoms with E-state index in [-0.39, 0.29) is 11.9 Å². The molecule has 3 N–H and O–H groups in total. The summed E-state index contributed by atoms with van der Waals surface area (Å²) in [6.45, 7) is 1.43. The minimum atomic E-state index is -1.04. The van der Waals surface area contributed by atoms with Gasteiger partial charge in [0.1, 0.15) is 5.76 Å². The zero-order valence-electron chi connectivity index (χ0n) is 10.3. The monoisotopic (exact) mass is 253 g/mol. The summed E-state index contributed by atoms with van der Waals surface area (Å²) in [6, 6.07) is 3.15. The molecule has 2 rings (SSSR count). The first-order valence-electron chi connectivity index (χ1n) is 6.36. The van der Waals surface area contributed by atoms with Gasteiger partial charge in [0.15, 0.2) is 0 Å². The number of aromatic carboxylic acids is 1. The van der Waals surface area contributed by atoms with Crippen LogP contribution in [0.4, 0.5) is 0 Å². The van der Waals surface area contributed by atoms with Gasteiger partial charge in [0, 0.05) is 0 Å². The van der Waals surface area contributed by atoms with Gasteiger partial charge in [-0.3, -0.25) is 0 Å². The number of rotatable bonds is 5. The Labute approximate surface area is 106 Å². The number of carboxylic acid groups (broad SMARTS) is 1. The quantitative estimate of drug-likeness (QED) is 0.742. The summed E-state index contributed by atoms with van der Waals surface area (Å²) in [5, 5.41) is 21.4. The average Bonchev–Trinajstić information content (AvgIpc) is 2.81. The van der Waals surface area contributed by atoms with Crippen LogP contribution in [-0.4, -0.2) is 28.8 Å². The highest BCUT2D eigenvalue weighted by molar-refractivity contribution is 5.84. The molecule has 0 atom stereocenters. The molecule has 1 fully saturated rings. The third-order valence-corrected chi connectivity index (χ3v) is 3.42. The second kappa shape index (κ2) is 6.02. The Hall–Kier alpha value is -1.33. The van der Waals surface area contributed by atoms with Crippen molar-refractivity contribution >= 4 is 5.97 Å². The number of nitrogens with one attached hydrogen (secondary N) is 1. The van der Waals surface area contributed by atoms with Crippen LogP contribution in [0.2, 0.25) is 0 Å². The molecule has 5 heteroatoms. The molecule has 1 aliphatic carbocycles. The highest BCUT2D eigenvalue weighted by Crippen LogP contribution is 2.23. The van der Waals surface area contributed by atoms with Crippen LogP contribution >= 0.6 is 0 Å². The predicted octanol–water partition coefficient (Wildman–Crippen LogP) is 1.62. The molecule has 0 spiro atoms. The van der Waals surface area contributed by atoms with Crippen LogP contribution in [0.1, 0.15) is 42.0 Å². The summed E-state index contributed by atoms with van der Waals surface area (Å²) in [7, 11) is 0. The fourth-order valence-corrected chi connectivity index (χ4v) is 2.34. The fraction of sp³-hybridized carbons (Fsp3) is 0.615. The Balaban J connectivity index is 1.70. The lowest BCUT2D eigenvalue weighted by molar-refractivity contribution is 0.0660. The van der Waals surface area contributed by atoms with Crippen molar-refractivity contribution < 1.29 is 19.4 Å². The molecule has 0 aromatic carbocycles. The molecule has 1 aliphatic rings. The van der Waals surface area contributed by atoms with Crippen LogP contribution in [0, 0.1) is 5.92 Å². The first kappa shape index (κ1) is 13.1. The average molecular weight is 253 g/mol. The van der Waals surface area contributed by atoms with Crippen LogP contribution in [0.3, 0.4) is 0 Å². The molecule has 100 valence electrons. The van der Waals surface area contributed by atoms with Gasteiger partial charge >= 0.3 is 5.97 Å². The molecule has 18 heavy (non-hydrogen) atoms. The smallest absolute Gasteiger partial charge is 0.371 e. The van der Waals surface area contributed by atoms with Crippen LogP contribution in [-0.2, 0) is 6.54 Å². The fourth-order valence-electron chi connectivity index (χ4n) is 2.34. The Kier molecular flexibility index (Phi) is 4.38. The zero-order chi connectivity index (χ0) is 13.0. The van der Waals surface area contributed by atoms with Gasteiger partial charge in [-0.05, 0) is 50.3 Å². The van der Waals surface area contributed by atoms with E-state index in [0.29, 0.717) is 18.2 Å². The van der Waals surface area contributed by atoms with Gasteiger partial charge in [0.2, 0.25) is 5.76 Å².